The SMILES string of the molecule is COC12C(COC(N)=O)C3=C(C(=O)C(C)=C(Nc4ccc5[nH]ncc5c4)C3=O)N1CC1NC12. The van der Waals surface area contributed by atoms with Crippen LogP contribution in [0.5, 0.6) is 0 Å². The van der Waals surface area contributed by atoms with E-state index in [9.17, 15) is 14.4 Å². The Kier molecular flexibility index (Phi) is 4.02. The lowest BCUT2D eigenvalue weighted by molar-refractivity contribution is -0.137. The second kappa shape index (κ2) is 6.65. The van der Waals surface area contributed by atoms with Crippen molar-refractivity contribution in [3.63, 3.8) is 0 Å². The van der Waals surface area contributed by atoms with Crippen LogP contribution in [0.1, 0.15) is 6.92 Å². The van der Waals surface area contributed by atoms with Crippen LogP contribution in [0.2, 0.25) is 0 Å². The Bertz CT molecular complexity index is 1310. The fraction of sp³-hybridized carbons (Fsp3) is 0.364. The number of carbonyl (C=O) groups excluding carboxylic acids is 3. The van der Waals surface area contributed by atoms with Gasteiger partial charge in [0.2, 0.25) is 11.6 Å². The lowest BCUT2D eigenvalue weighted by Crippen LogP contribution is -2.55. The molecule has 4 aliphatic rings. The van der Waals surface area contributed by atoms with Gasteiger partial charge < -0.3 is 30.7 Å². The zero-order chi connectivity index (χ0) is 23.1. The molecule has 0 saturated carbocycles. The summed E-state index contributed by atoms with van der Waals surface area (Å²) in [6, 6.07) is 5.54. The van der Waals surface area contributed by atoms with Gasteiger partial charge in [0.25, 0.3) is 0 Å². The van der Waals surface area contributed by atoms with Crippen LogP contribution in [-0.2, 0) is 19.1 Å². The summed E-state index contributed by atoms with van der Waals surface area (Å²) in [7, 11) is 1.54. The number of hydrogen-bond acceptors (Lipinski definition) is 9. The van der Waals surface area contributed by atoms with E-state index in [1.165, 1.54) is 0 Å². The first-order valence-electron chi connectivity index (χ1n) is 10.6. The number of hydrogen-bond donors (Lipinski definition) is 4. The van der Waals surface area contributed by atoms with E-state index in [0.717, 1.165) is 10.9 Å². The van der Waals surface area contributed by atoms with Gasteiger partial charge in [0.15, 0.2) is 5.72 Å². The normalized spacial score (nSPS) is 30.0. The highest BCUT2D eigenvalue weighted by atomic mass is 16.6. The van der Waals surface area contributed by atoms with Crippen molar-refractivity contribution in [1.29, 1.82) is 0 Å². The minimum absolute atomic E-state index is 0.0876. The largest absolute Gasteiger partial charge is 0.449 e. The first kappa shape index (κ1) is 19.9. The number of piperazine rings is 1. The van der Waals surface area contributed by atoms with Crippen molar-refractivity contribution < 1.29 is 23.9 Å². The summed E-state index contributed by atoms with van der Waals surface area (Å²) in [6.07, 6.45) is 0.730. The number of amides is 1. The van der Waals surface area contributed by atoms with Crippen LogP contribution in [-0.4, -0.2) is 70.8 Å². The Morgan fingerprint density at radius 3 is 2.94 bits per heavy atom. The number of nitrogens with zero attached hydrogens (tertiary/aromatic N) is 2. The molecule has 4 unspecified atom stereocenters. The third kappa shape index (κ3) is 2.57. The number of rotatable bonds is 5. The Morgan fingerprint density at radius 2 is 2.18 bits per heavy atom. The fourth-order valence-corrected chi connectivity index (χ4v) is 5.61. The molecule has 0 spiro atoms. The number of aromatic amines is 1. The molecule has 1 aromatic carbocycles. The van der Waals surface area contributed by atoms with Crippen LogP contribution in [0.3, 0.4) is 0 Å². The topological polar surface area (TPSA) is 162 Å². The number of aromatic nitrogens is 2. The number of ketones is 2. The molecular formula is C22H22N6O5. The van der Waals surface area contributed by atoms with Crippen molar-refractivity contribution >= 4 is 34.3 Å². The molecule has 11 heteroatoms. The molecule has 2 aromatic rings. The number of nitrogens with two attached hydrogens (primary N) is 1. The minimum Gasteiger partial charge on any atom is -0.449 e. The van der Waals surface area contributed by atoms with Crippen molar-refractivity contribution in [2.75, 3.05) is 25.6 Å². The predicted octanol–water partition coefficient (Wildman–Crippen LogP) is 0.379. The average Bonchev–Trinajstić information content (AvgIpc) is 3.17. The van der Waals surface area contributed by atoms with Crippen LogP contribution in [0.25, 0.3) is 10.9 Å². The molecule has 4 atom stereocenters. The maximum atomic E-state index is 13.8. The molecule has 11 nitrogen and oxygen atoms in total. The lowest BCUT2D eigenvalue weighted by Gasteiger charge is -2.39. The number of anilines is 1. The van der Waals surface area contributed by atoms with Crippen LogP contribution in [0, 0.1) is 5.92 Å². The van der Waals surface area contributed by atoms with Crippen molar-refractivity contribution in [2.45, 2.75) is 24.7 Å². The summed E-state index contributed by atoms with van der Waals surface area (Å²) in [6.45, 7) is 1.99. The summed E-state index contributed by atoms with van der Waals surface area (Å²) in [4.78, 5) is 40.7. The third-order valence-corrected chi connectivity index (χ3v) is 7.14. The van der Waals surface area contributed by atoms with E-state index in [1.807, 2.05) is 17.0 Å². The van der Waals surface area contributed by atoms with Gasteiger partial charge in [-0.05, 0) is 25.1 Å². The van der Waals surface area contributed by atoms with Gasteiger partial charge in [0, 0.05) is 41.9 Å². The molecular weight excluding hydrogens is 428 g/mol. The number of fused-ring (bicyclic) bond motifs is 5. The van der Waals surface area contributed by atoms with E-state index in [2.05, 4.69) is 20.8 Å². The number of H-pyrrole nitrogens is 1. The molecule has 2 saturated heterocycles. The van der Waals surface area contributed by atoms with Gasteiger partial charge in [-0.25, -0.2) is 4.79 Å². The Hall–Kier alpha value is -3.70. The fourth-order valence-electron chi connectivity index (χ4n) is 5.61. The van der Waals surface area contributed by atoms with Crippen LogP contribution in [0.15, 0.2) is 46.9 Å². The molecule has 1 aromatic heterocycles. The Labute approximate surface area is 187 Å². The molecule has 2 fully saturated rings. The van der Waals surface area contributed by atoms with Crippen molar-refractivity contribution in [2.24, 2.45) is 11.7 Å². The maximum absolute atomic E-state index is 13.8. The minimum atomic E-state index is -0.998. The van der Waals surface area contributed by atoms with Crippen LogP contribution in [0.4, 0.5) is 10.5 Å². The number of nitrogens with one attached hydrogen (secondary N) is 3. The van der Waals surface area contributed by atoms with Crippen LogP contribution >= 0.6 is 0 Å². The van der Waals surface area contributed by atoms with E-state index in [-0.39, 0.29) is 41.5 Å². The predicted molar refractivity (Wildman–Crippen MR) is 116 cm³/mol. The van der Waals surface area contributed by atoms with Gasteiger partial charge in [-0.15, -0.1) is 0 Å². The highest BCUT2D eigenvalue weighted by molar-refractivity contribution is 6.26. The van der Waals surface area contributed by atoms with E-state index < -0.39 is 17.7 Å². The number of ether oxygens (including phenoxy) is 2. The summed E-state index contributed by atoms with van der Waals surface area (Å²) in [5.74, 6) is -1.25. The highest BCUT2D eigenvalue weighted by Gasteiger charge is 2.72. The monoisotopic (exact) mass is 450 g/mol. The molecule has 1 amide bonds. The maximum Gasteiger partial charge on any atom is 0.404 e. The number of carbonyl (C=O) groups is 3. The summed E-state index contributed by atoms with van der Waals surface area (Å²) >= 11 is 0. The molecule has 3 aliphatic heterocycles. The molecule has 1 aliphatic carbocycles. The smallest absolute Gasteiger partial charge is 0.404 e. The Morgan fingerprint density at radius 1 is 1.36 bits per heavy atom. The standard InChI is InChI=1S/C22H22N6O5/c1-9-16(25-11-3-4-13-10(5-11)6-24-27-13)19(30)15-12(8-33-21(23)31)22(32-2)20-14(26-20)7-28(22)17(15)18(9)29/h3-6,12,14,20,25-26H,7-8H2,1-2H3,(H2,23,31)(H,24,27). The summed E-state index contributed by atoms with van der Waals surface area (Å²) in [5.41, 5.74) is 6.86. The first-order valence-corrected chi connectivity index (χ1v) is 10.6. The average molecular weight is 450 g/mol. The summed E-state index contributed by atoms with van der Waals surface area (Å²) in [5, 5.41) is 14.2. The van der Waals surface area contributed by atoms with Crippen molar-refractivity contribution in [3.8, 4) is 0 Å². The molecule has 0 radical (unpaired) electrons. The van der Waals surface area contributed by atoms with Gasteiger partial charge >= 0.3 is 6.09 Å². The molecule has 33 heavy (non-hydrogen) atoms. The number of Topliss-reactive ketones (excluding diaryl/α,β-unsaturated/α-hetero) is 2. The molecule has 6 rings (SSSR count). The quantitative estimate of drug-likeness (QED) is 0.373. The number of benzene rings is 1. The number of allylic oxidation sites excluding steroid dienone is 2. The van der Waals surface area contributed by atoms with Gasteiger partial charge in [0.05, 0.1) is 35.1 Å². The second-order valence-corrected chi connectivity index (χ2v) is 8.72. The zero-order valence-corrected chi connectivity index (χ0v) is 18.0. The number of methoxy groups -OCH3 is 1. The molecule has 170 valence electrons. The van der Waals surface area contributed by atoms with E-state index >= 15 is 0 Å². The molecule has 0 bridgehead atoms. The van der Waals surface area contributed by atoms with Gasteiger partial charge in [-0.3, -0.25) is 14.7 Å². The third-order valence-electron chi connectivity index (χ3n) is 7.14. The van der Waals surface area contributed by atoms with Gasteiger partial charge in [-0.2, -0.15) is 5.10 Å². The number of primary amides is 1. The second-order valence-electron chi connectivity index (χ2n) is 8.72. The van der Waals surface area contributed by atoms with Gasteiger partial charge in [-0.1, -0.05) is 0 Å². The van der Waals surface area contributed by atoms with Crippen molar-refractivity contribution in [1.82, 2.24) is 20.4 Å². The Balaban J connectivity index is 1.41. The first-order chi connectivity index (χ1) is 15.9. The molecule has 4 heterocycles. The lowest BCUT2D eigenvalue weighted by atomic mass is 9.82. The van der Waals surface area contributed by atoms with E-state index in [1.54, 1.807) is 26.3 Å². The zero-order valence-electron chi connectivity index (χ0n) is 18.0. The van der Waals surface area contributed by atoms with Crippen LogP contribution < -0.4 is 16.4 Å². The summed E-state index contributed by atoms with van der Waals surface area (Å²) < 4.78 is 11.1. The van der Waals surface area contributed by atoms with E-state index in [4.69, 9.17) is 15.2 Å². The van der Waals surface area contributed by atoms with Crippen molar-refractivity contribution in [3.05, 3.63) is 46.9 Å². The highest BCUT2D eigenvalue weighted by Crippen LogP contribution is 2.55. The van der Waals surface area contributed by atoms with Gasteiger partial charge in [0.1, 0.15) is 6.61 Å². The van der Waals surface area contributed by atoms with E-state index in [0.29, 0.717) is 23.5 Å². The molecule has 5 N–H and O–H groups in total.